The molecule has 0 aliphatic carbocycles. The molecular weight excluding hydrogens is 270 g/mol. The molecular formula is C15H23N3O3. The molecule has 2 amide bonds. The highest BCUT2D eigenvalue weighted by atomic mass is 16.4. The number of carboxylic acid groups (broad SMARTS) is 1. The van der Waals surface area contributed by atoms with Gasteiger partial charge in [0, 0.05) is 13.1 Å². The van der Waals surface area contributed by atoms with Gasteiger partial charge in [0.2, 0.25) is 0 Å². The van der Waals surface area contributed by atoms with Gasteiger partial charge in [-0.3, -0.25) is 0 Å². The first-order valence-corrected chi connectivity index (χ1v) is 6.98. The lowest BCUT2D eigenvalue weighted by Gasteiger charge is -2.11. The van der Waals surface area contributed by atoms with Gasteiger partial charge in [-0.05, 0) is 45.1 Å². The maximum Gasteiger partial charge on any atom is 0.335 e. The number of rotatable bonds is 8. The van der Waals surface area contributed by atoms with Gasteiger partial charge in [-0.2, -0.15) is 0 Å². The Balaban J connectivity index is 2.27. The summed E-state index contributed by atoms with van der Waals surface area (Å²) < 4.78 is 0. The maximum absolute atomic E-state index is 11.5. The Kier molecular flexibility index (Phi) is 7.25. The Morgan fingerprint density at radius 2 is 1.81 bits per heavy atom. The number of amides is 2. The van der Waals surface area contributed by atoms with Crippen molar-refractivity contribution in [1.82, 2.24) is 15.5 Å². The number of carbonyl (C=O) groups is 2. The van der Waals surface area contributed by atoms with Crippen LogP contribution in [0.25, 0.3) is 0 Å². The van der Waals surface area contributed by atoms with Gasteiger partial charge < -0.3 is 20.6 Å². The quantitative estimate of drug-likeness (QED) is 0.629. The lowest BCUT2D eigenvalue weighted by molar-refractivity contribution is 0.0695. The van der Waals surface area contributed by atoms with E-state index in [0.29, 0.717) is 19.5 Å². The van der Waals surface area contributed by atoms with Crippen molar-refractivity contribution in [2.24, 2.45) is 0 Å². The molecule has 6 nitrogen and oxygen atoms in total. The number of aromatic carboxylic acids is 1. The topological polar surface area (TPSA) is 81.7 Å². The predicted octanol–water partition coefficient (Wildman–Crippen LogP) is 1.18. The minimum atomic E-state index is -0.946. The normalized spacial score (nSPS) is 10.4. The van der Waals surface area contributed by atoms with Crippen LogP contribution in [0.1, 0.15) is 22.3 Å². The highest BCUT2D eigenvalue weighted by Gasteiger charge is 2.08. The van der Waals surface area contributed by atoms with E-state index in [1.807, 2.05) is 14.1 Å². The Morgan fingerprint density at radius 1 is 1.14 bits per heavy atom. The van der Waals surface area contributed by atoms with E-state index in [1.54, 1.807) is 24.3 Å². The smallest absolute Gasteiger partial charge is 0.335 e. The van der Waals surface area contributed by atoms with Crippen molar-refractivity contribution < 1.29 is 14.7 Å². The third kappa shape index (κ3) is 6.76. The second-order valence-electron chi connectivity index (χ2n) is 5.05. The van der Waals surface area contributed by atoms with Crippen molar-refractivity contribution in [2.45, 2.75) is 12.8 Å². The molecule has 0 radical (unpaired) electrons. The van der Waals surface area contributed by atoms with Gasteiger partial charge in [-0.25, -0.2) is 9.59 Å². The first-order valence-electron chi connectivity index (χ1n) is 6.98. The van der Waals surface area contributed by atoms with Crippen LogP contribution in [0.3, 0.4) is 0 Å². The zero-order chi connectivity index (χ0) is 15.7. The Labute approximate surface area is 125 Å². The molecule has 1 aromatic carbocycles. The molecule has 0 heterocycles. The molecule has 0 saturated heterocycles. The highest BCUT2D eigenvalue weighted by molar-refractivity contribution is 5.89. The van der Waals surface area contributed by atoms with Crippen molar-refractivity contribution in [2.75, 3.05) is 33.7 Å². The van der Waals surface area contributed by atoms with Crippen molar-refractivity contribution in [1.29, 1.82) is 0 Å². The van der Waals surface area contributed by atoms with Crippen molar-refractivity contribution in [3.63, 3.8) is 0 Å². The molecule has 0 saturated carbocycles. The molecule has 0 atom stereocenters. The fraction of sp³-hybridized carbons (Fsp3) is 0.467. The van der Waals surface area contributed by atoms with Crippen molar-refractivity contribution in [3.8, 4) is 0 Å². The number of carbonyl (C=O) groups excluding carboxylic acids is 1. The summed E-state index contributed by atoms with van der Waals surface area (Å²) in [6.07, 6.45) is 1.38. The van der Waals surface area contributed by atoms with Gasteiger partial charge in [0.05, 0.1) is 5.56 Å². The molecule has 3 N–H and O–H groups in total. The summed E-state index contributed by atoms with van der Waals surface area (Å²) in [5.74, 6) is -0.946. The van der Waals surface area contributed by atoms with Crippen LogP contribution in [-0.4, -0.2) is 55.7 Å². The number of hydrogen-bond donors (Lipinski definition) is 3. The Morgan fingerprint density at radius 3 is 2.48 bits per heavy atom. The summed E-state index contributed by atoms with van der Waals surface area (Å²) in [4.78, 5) is 24.6. The van der Waals surface area contributed by atoms with Crippen LogP contribution in [-0.2, 0) is 6.42 Å². The van der Waals surface area contributed by atoms with E-state index in [1.165, 1.54) is 0 Å². The molecule has 6 heteroatoms. The van der Waals surface area contributed by atoms with E-state index in [0.717, 1.165) is 18.5 Å². The monoisotopic (exact) mass is 293 g/mol. The fourth-order valence-corrected chi connectivity index (χ4v) is 1.92. The van der Waals surface area contributed by atoms with Crippen LogP contribution in [0, 0.1) is 0 Å². The minimum absolute atomic E-state index is 0.221. The zero-order valence-electron chi connectivity index (χ0n) is 12.6. The van der Waals surface area contributed by atoms with E-state index < -0.39 is 5.97 Å². The fourth-order valence-electron chi connectivity index (χ4n) is 1.92. The first-order chi connectivity index (χ1) is 10.0. The van der Waals surface area contributed by atoms with E-state index in [2.05, 4.69) is 15.5 Å². The number of benzene rings is 1. The van der Waals surface area contributed by atoms with Crippen LogP contribution in [0.2, 0.25) is 0 Å². The summed E-state index contributed by atoms with van der Waals surface area (Å²) in [5.41, 5.74) is 1.00. The number of nitrogens with zero attached hydrogens (tertiary/aromatic N) is 1. The summed E-state index contributed by atoms with van der Waals surface area (Å²) in [5, 5.41) is 14.6. The van der Waals surface area contributed by atoms with E-state index in [9.17, 15) is 9.59 Å². The van der Waals surface area contributed by atoms with Gasteiger partial charge in [-0.1, -0.05) is 18.2 Å². The molecule has 116 valence electrons. The Bertz CT molecular complexity index is 475. The largest absolute Gasteiger partial charge is 0.478 e. The lowest BCUT2D eigenvalue weighted by Crippen LogP contribution is -2.37. The van der Waals surface area contributed by atoms with Crippen LogP contribution >= 0.6 is 0 Å². The van der Waals surface area contributed by atoms with Gasteiger partial charge in [0.1, 0.15) is 0 Å². The maximum atomic E-state index is 11.5. The standard InChI is InChI=1S/C15H23N3O3/c1-18(2)11-5-9-16-15(21)17-10-8-12-6-3-4-7-13(12)14(19)20/h3-4,6-7H,5,8-11H2,1-2H3,(H,19,20)(H2,16,17,21). The molecule has 0 bridgehead atoms. The molecule has 0 aromatic heterocycles. The van der Waals surface area contributed by atoms with E-state index in [4.69, 9.17) is 5.11 Å². The second kappa shape index (κ2) is 8.97. The van der Waals surface area contributed by atoms with Crippen LogP contribution < -0.4 is 10.6 Å². The van der Waals surface area contributed by atoms with Crippen LogP contribution in [0.4, 0.5) is 4.79 Å². The molecule has 0 aliphatic rings. The van der Waals surface area contributed by atoms with E-state index >= 15 is 0 Å². The number of hydrogen-bond acceptors (Lipinski definition) is 3. The van der Waals surface area contributed by atoms with Gasteiger partial charge >= 0.3 is 12.0 Å². The van der Waals surface area contributed by atoms with Crippen LogP contribution in [0.5, 0.6) is 0 Å². The minimum Gasteiger partial charge on any atom is -0.478 e. The average Bonchev–Trinajstić information content (AvgIpc) is 2.44. The average molecular weight is 293 g/mol. The first kappa shape index (κ1) is 17.0. The number of carboxylic acids is 1. The molecule has 1 aromatic rings. The summed E-state index contributed by atoms with van der Waals surface area (Å²) in [7, 11) is 3.97. The SMILES string of the molecule is CN(C)CCCNC(=O)NCCc1ccccc1C(=O)O. The predicted molar refractivity (Wildman–Crippen MR) is 81.7 cm³/mol. The second-order valence-corrected chi connectivity index (χ2v) is 5.05. The van der Waals surface area contributed by atoms with Gasteiger partial charge in [0.25, 0.3) is 0 Å². The van der Waals surface area contributed by atoms with Crippen molar-refractivity contribution >= 4 is 12.0 Å². The van der Waals surface area contributed by atoms with Crippen molar-refractivity contribution in [3.05, 3.63) is 35.4 Å². The molecule has 0 aliphatic heterocycles. The summed E-state index contributed by atoms with van der Waals surface area (Å²) in [6.45, 7) is 1.95. The lowest BCUT2D eigenvalue weighted by atomic mass is 10.0. The van der Waals surface area contributed by atoms with Gasteiger partial charge in [0.15, 0.2) is 0 Å². The number of urea groups is 1. The third-order valence-corrected chi connectivity index (χ3v) is 3.00. The summed E-state index contributed by atoms with van der Waals surface area (Å²) in [6, 6.07) is 6.60. The zero-order valence-corrected chi connectivity index (χ0v) is 12.6. The molecule has 21 heavy (non-hydrogen) atoms. The molecule has 0 unspecified atom stereocenters. The molecule has 0 spiro atoms. The van der Waals surface area contributed by atoms with Crippen LogP contribution in [0.15, 0.2) is 24.3 Å². The Hall–Kier alpha value is -2.08. The van der Waals surface area contributed by atoms with E-state index in [-0.39, 0.29) is 11.6 Å². The molecule has 1 rings (SSSR count). The molecule has 0 fully saturated rings. The highest BCUT2D eigenvalue weighted by Crippen LogP contribution is 2.08. The third-order valence-electron chi connectivity index (χ3n) is 3.00. The number of nitrogens with one attached hydrogen (secondary N) is 2. The summed E-state index contributed by atoms with van der Waals surface area (Å²) >= 11 is 0. The van der Waals surface area contributed by atoms with Gasteiger partial charge in [-0.15, -0.1) is 0 Å².